The van der Waals surface area contributed by atoms with Gasteiger partial charge in [-0.3, -0.25) is 4.79 Å². The van der Waals surface area contributed by atoms with Crippen LogP contribution in [0.3, 0.4) is 0 Å². The van der Waals surface area contributed by atoms with E-state index >= 15 is 0 Å². The SMILES string of the molecule is COC(OC)c1ccccc1C(=O)C1CC2CCCC(C1)N2C. The molecule has 23 heavy (non-hydrogen) atoms. The van der Waals surface area contributed by atoms with Crippen LogP contribution in [-0.4, -0.2) is 44.0 Å². The number of benzene rings is 1. The molecule has 1 aromatic carbocycles. The lowest BCUT2D eigenvalue weighted by molar-refractivity contribution is -0.106. The zero-order valence-electron chi connectivity index (χ0n) is 14.3. The molecular formula is C19H27NO3. The number of carbonyl (C=O) groups excluding carboxylic acids is 1. The fourth-order valence-corrected chi connectivity index (χ4v) is 4.33. The number of rotatable bonds is 5. The molecule has 4 heteroatoms. The van der Waals surface area contributed by atoms with Crippen molar-refractivity contribution in [3.05, 3.63) is 35.4 Å². The number of methoxy groups -OCH3 is 2. The maximum atomic E-state index is 13.2. The fraction of sp³-hybridized carbons (Fsp3) is 0.632. The van der Waals surface area contributed by atoms with Gasteiger partial charge in [0.1, 0.15) is 0 Å². The summed E-state index contributed by atoms with van der Waals surface area (Å²) >= 11 is 0. The highest BCUT2D eigenvalue weighted by Gasteiger charge is 2.39. The molecule has 2 heterocycles. The van der Waals surface area contributed by atoms with Crippen LogP contribution in [-0.2, 0) is 9.47 Å². The van der Waals surface area contributed by atoms with E-state index in [1.54, 1.807) is 14.2 Å². The Hall–Kier alpha value is -1.23. The van der Waals surface area contributed by atoms with Gasteiger partial charge in [-0.1, -0.05) is 30.7 Å². The first-order chi connectivity index (χ1) is 11.2. The number of ether oxygens (including phenoxy) is 2. The average Bonchev–Trinajstić information content (AvgIpc) is 2.55. The van der Waals surface area contributed by atoms with E-state index in [9.17, 15) is 4.79 Å². The predicted octanol–water partition coefficient (Wildman–Crippen LogP) is 3.42. The first-order valence-electron chi connectivity index (χ1n) is 8.56. The fourth-order valence-electron chi connectivity index (χ4n) is 4.33. The lowest BCUT2D eigenvalue weighted by Gasteiger charge is -2.46. The number of Topliss-reactive ketones (excluding diaryl/α,β-unsaturated/α-hetero) is 1. The molecule has 3 rings (SSSR count). The van der Waals surface area contributed by atoms with Crippen LogP contribution in [0.2, 0.25) is 0 Å². The van der Waals surface area contributed by atoms with Gasteiger partial charge in [0.05, 0.1) is 0 Å². The lowest BCUT2D eigenvalue weighted by Crippen LogP contribution is -2.51. The molecule has 0 aliphatic carbocycles. The van der Waals surface area contributed by atoms with E-state index in [-0.39, 0.29) is 11.7 Å². The van der Waals surface area contributed by atoms with Crippen LogP contribution < -0.4 is 0 Å². The van der Waals surface area contributed by atoms with Gasteiger partial charge >= 0.3 is 0 Å². The van der Waals surface area contributed by atoms with Crippen molar-refractivity contribution in [3.63, 3.8) is 0 Å². The van der Waals surface area contributed by atoms with E-state index < -0.39 is 6.29 Å². The minimum absolute atomic E-state index is 0.122. The largest absolute Gasteiger partial charge is 0.352 e. The van der Waals surface area contributed by atoms with Crippen LogP contribution in [0.5, 0.6) is 0 Å². The molecule has 2 aliphatic heterocycles. The Morgan fingerprint density at radius 2 is 1.74 bits per heavy atom. The van der Waals surface area contributed by atoms with Gasteiger partial charge in [-0.25, -0.2) is 0 Å². The van der Waals surface area contributed by atoms with Crippen molar-refractivity contribution in [2.24, 2.45) is 5.92 Å². The number of piperidine rings is 2. The first kappa shape index (κ1) is 16.6. The average molecular weight is 317 g/mol. The molecule has 126 valence electrons. The van der Waals surface area contributed by atoms with Gasteiger partial charge in [-0.15, -0.1) is 0 Å². The molecule has 2 atom stereocenters. The van der Waals surface area contributed by atoms with Crippen molar-refractivity contribution < 1.29 is 14.3 Å². The van der Waals surface area contributed by atoms with Crippen LogP contribution >= 0.6 is 0 Å². The minimum atomic E-state index is -0.485. The maximum Gasteiger partial charge on any atom is 0.183 e. The second-order valence-electron chi connectivity index (χ2n) is 6.83. The number of nitrogens with zero attached hydrogens (tertiary/aromatic N) is 1. The zero-order valence-corrected chi connectivity index (χ0v) is 14.3. The molecule has 2 unspecified atom stereocenters. The topological polar surface area (TPSA) is 38.8 Å². The van der Waals surface area contributed by atoms with Gasteiger partial charge in [-0.05, 0) is 32.7 Å². The van der Waals surface area contributed by atoms with Gasteiger partial charge in [0.25, 0.3) is 0 Å². The van der Waals surface area contributed by atoms with Gasteiger partial charge in [0.15, 0.2) is 12.1 Å². The third-order valence-electron chi connectivity index (χ3n) is 5.62. The van der Waals surface area contributed by atoms with Crippen LogP contribution in [0, 0.1) is 5.92 Å². The zero-order chi connectivity index (χ0) is 16.4. The Balaban J connectivity index is 1.84. The number of hydrogen-bond donors (Lipinski definition) is 0. The number of ketones is 1. The van der Waals surface area contributed by atoms with E-state index in [1.165, 1.54) is 19.3 Å². The Labute approximate surface area is 138 Å². The number of fused-ring (bicyclic) bond motifs is 2. The summed E-state index contributed by atoms with van der Waals surface area (Å²) in [6, 6.07) is 8.82. The van der Waals surface area contributed by atoms with E-state index in [4.69, 9.17) is 9.47 Å². The molecule has 1 aromatic rings. The monoisotopic (exact) mass is 317 g/mol. The summed E-state index contributed by atoms with van der Waals surface area (Å²) in [6.45, 7) is 0. The van der Waals surface area contributed by atoms with Crippen LogP contribution in [0.15, 0.2) is 24.3 Å². The predicted molar refractivity (Wildman–Crippen MR) is 89.4 cm³/mol. The van der Waals surface area contributed by atoms with E-state index in [0.29, 0.717) is 12.1 Å². The quantitative estimate of drug-likeness (QED) is 0.616. The highest BCUT2D eigenvalue weighted by Crippen LogP contribution is 2.38. The molecule has 0 saturated carbocycles. The molecule has 2 fully saturated rings. The summed E-state index contributed by atoms with van der Waals surface area (Å²) < 4.78 is 10.7. The van der Waals surface area contributed by atoms with Gasteiger partial charge in [0, 0.05) is 43.3 Å². The summed E-state index contributed by atoms with van der Waals surface area (Å²) in [6.07, 6.45) is 5.21. The Bertz CT molecular complexity index is 541. The molecule has 0 radical (unpaired) electrons. The molecule has 2 bridgehead atoms. The van der Waals surface area contributed by atoms with E-state index in [0.717, 1.165) is 24.0 Å². The standard InChI is InChI=1S/C19H27NO3/c1-20-14-7-6-8-15(20)12-13(11-14)18(21)16-9-4-5-10-17(16)19(22-2)23-3/h4-5,9-10,13-15,19H,6-8,11-12H2,1-3H3. The van der Waals surface area contributed by atoms with Crippen molar-refractivity contribution in [2.45, 2.75) is 50.5 Å². The molecule has 0 amide bonds. The maximum absolute atomic E-state index is 13.2. The second-order valence-corrected chi connectivity index (χ2v) is 6.83. The van der Waals surface area contributed by atoms with Crippen molar-refractivity contribution >= 4 is 5.78 Å². The highest BCUT2D eigenvalue weighted by molar-refractivity contribution is 5.99. The number of carbonyl (C=O) groups is 1. The second kappa shape index (κ2) is 7.12. The summed E-state index contributed by atoms with van der Waals surface area (Å²) in [5.41, 5.74) is 1.60. The molecule has 0 aromatic heterocycles. The van der Waals surface area contributed by atoms with E-state index in [1.807, 2.05) is 24.3 Å². The molecule has 4 nitrogen and oxygen atoms in total. The first-order valence-corrected chi connectivity index (χ1v) is 8.56. The molecule has 0 N–H and O–H groups in total. The minimum Gasteiger partial charge on any atom is -0.352 e. The molecule has 2 saturated heterocycles. The van der Waals surface area contributed by atoms with Gasteiger partial charge in [-0.2, -0.15) is 0 Å². The highest BCUT2D eigenvalue weighted by atomic mass is 16.7. The van der Waals surface area contributed by atoms with Crippen LogP contribution in [0.25, 0.3) is 0 Å². The lowest BCUT2D eigenvalue weighted by atomic mass is 9.75. The van der Waals surface area contributed by atoms with Crippen molar-refractivity contribution in [2.75, 3.05) is 21.3 Å². The molecule has 2 aliphatic rings. The summed E-state index contributed by atoms with van der Waals surface area (Å²) in [4.78, 5) is 15.7. The Kier molecular flexibility index (Phi) is 5.14. The number of hydrogen-bond acceptors (Lipinski definition) is 4. The summed E-state index contributed by atoms with van der Waals surface area (Å²) in [5.74, 6) is 0.377. The third kappa shape index (κ3) is 3.21. The van der Waals surface area contributed by atoms with Crippen molar-refractivity contribution in [1.82, 2.24) is 4.90 Å². The summed E-state index contributed by atoms with van der Waals surface area (Å²) in [7, 11) is 5.43. The van der Waals surface area contributed by atoms with Crippen molar-refractivity contribution in [1.29, 1.82) is 0 Å². The van der Waals surface area contributed by atoms with Crippen molar-refractivity contribution in [3.8, 4) is 0 Å². The van der Waals surface area contributed by atoms with Crippen LogP contribution in [0.1, 0.15) is 54.3 Å². The van der Waals surface area contributed by atoms with Gasteiger partial charge < -0.3 is 14.4 Å². The third-order valence-corrected chi connectivity index (χ3v) is 5.62. The summed E-state index contributed by atoms with van der Waals surface area (Å²) in [5, 5.41) is 0. The van der Waals surface area contributed by atoms with Crippen LogP contribution in [0.4, 0.5) is 0 Å². The van der Waals surface area contributed by atoms with E-state index in [2.05, 4.69) is 11.9 Å². The normalized spacial score (nSPS) is 28.1. The smallest absolute Gasteiger partial charge is 0.183 e. The molecule has 0 spiro atoms. The van der Waals surface area contributed by atoms with Gasteiger partial charge in [0.2, 0.25) is 0 Å². The molecular weight excluding hydrogens is 290 g/mol. The Morgan fingerprint density at radius 3 is 2.35 bits per heavy atom. The Morgan fingerprint density at radius 1 is 1.13 bits per heavy atom.